The van der Waals surface area contributed by atoms with Crippen LogP contribution in [0.1, 0.15) is 25.7 Å². The van der Waals surface area contributed by atoms with Crippen LogP contribution in [0.2, 0.25) is 0 Å². The summed E-state index contributed by atoms with van der Waals surface area (Å²) in [6, 6.07) is 2.05. The lowest BCUT2D eigenvalue weighted by atomic mass is 9.84. The number of nitrogens with zero attached hydrogens (tertiary/aromatic N) is 1. The van der Waals surface area contributed by atoms with Crippen LogP contribution in [-0.4, -0.2) is 31.9 Å². The highest BCUT2D eigenvalue weighted by Crippen LogP contribution is 2.38. The Morgan fingerprint density at radius 2 is 1.90 bits per heavy atom. The molecule has 0 amide bonds. The van der Waals surface area contributed by atoms with Gasteiger partial charge < -0.3 is 5.32 Å². The Balaban J connectivity index is 2.13. The minimum absolute atomic E-state index is 0.0935. The second-order valence-corrected chi connectivity index (χ2v) is 7.30. The largest absolute Gasteiger partial charge is 0.393 e. The van der Waals surface area contributed by atoms with Crippen molar-refractivity contribution in [3.8, 4) is 0 Å². The normalized spacial score (nSPS) is 23.8. The summed E-state index contributed by atoms with van der Waals surface area (Å²) in [4.78, 5) is 3.77. The van der Waals surface area contributed by atoms with E-state index in [2.05, 4.69) is 10.3 Å². The van der Waals surface area contributed by atoms with Gasteiger partial charge in [-0.3, -0.25) is 0 Å². The van der Waals surface area contributed by atoms with Crippen molar-refractivity contribution in [1.82, 2.24) is 4.98 Å². The topological polar surface area (TPSA) is 59.1 Å². The van der Waals surface area contributed by atoms with Crippen LogP contribution in [0.4, 0.5) is 18.9 Å². The molecule has 1 saturated carbocycles. The van der Waals surface area contributed by atoms with Crippen molar-refractivity contribution in [2.24, 2.45) is 5.92 Å². The molecule has 0 radical (unpaired) electrons. The maximum Gasteiger partial charge on any atom is 0.393 e. The van der Waals surface area contributed by atoms with E-state index in [1.54, 1.807) is 0 Å². The number of halogens is 3. The van der Waals surface area contributed by atoms with Crippen LogP contribution in [0.3, 0.4) is 0 Å². The third-order valence-corrected chi connectivity index (χ3v) is 4.66. The van der Waals surface area contributed by atoms with Gasteiger partial charge in [0.1, 0.15) is 0 Å². The fourth-order valence-corrected chi connectivity index (χ4v) is 3.15. The molecular formula is C13H17F3N2O2S. The summed E-state index contributed by atoms with van der Waals surface area (Å²) in [6.07, 6.45) is -0.0410. The van der Waals surface area contributed by atoms with E-state index in [-0.39, 0.29) is 11.4 Å². The highest BCUT2D eigenvalue weighted by molar-refractivity contribution is 7.90. The van der Waals surface area contributed by atoms with Crippen molar-refractivity contribution in [2.75, 3.05) is 11.6 Å². The summed E-state index contributed by atoms with van der Waals surface area (Å²) in [6.45, 7) is 0. The van der Waals surface area contributed by atoms with E-state index in [9.17, 15) is 21.6 Å². The predicted molar refractivity (Wildman–Crippen MR) is 72.8 cm³/mol. The quantitative estimate of drug-likeness (QED) is 0.929. The van der Waals surface area contributed by atoms with E-state index in [4.69, 9.17) is 0 Å². The third kappa shape index (κ3) is 4.09. The van der Waals surface area contributed by atoms with Crippen molar-refractivity contribution in [3.05, 3.63) is 18.3 Å². The number of sulfone groups is 1. The Labute approximate surface area is 121 Å². The molecule has 0 aromatic carbocycles. The first kappa shape index (κ1) is 16.1. The van der Waals surface area contributed by atoms with Gasteiger partial charge in [0.2, 0.25) is 0 Å². The standard InChI is InChI=1S/C13H17F3N2O2S/c1-21(19,20)12-7-6-9(8-17-12)18-11-5-3-2-4-10(11)13(14,15)16/h6-8,10-11,18H,2-5H2,1H3. The molecule has 2 rings (SSSR count). The minimum atomic E-state index is -4.22. The Hall–Kier alpha value is -1.31. The lowest BCUT2D eigenvalue weighted by Crippen LogP contribution is -2.41. The number of nitrogens with one attached hydrogen (secondary N) is 1. The number of hydrogen-bond donors (Lipinski definition) is 1. The molecule has 1 N–H and O–H groups in total. The van der Waals surface area contributed by atoms with E-state index in [1.165, 1.54) is 18.3 Å². The number of alkyl halides is 3. The molecule has 2 atom stereocenters. The molecule has 21 heavy (non-hydrogen) atoms. The van der Waals surface area contributed by atoms with Gasteiger partial charge in [0, 0.05) is 12.3 Å². The lowest BCUT2D eigenvalue weighted by Gasteiger charge is -2.34. The van der Waals surface area contributed by atoms with E-state index >= 15 is 0 Å². The summed E-state index contributed by atoms with van der Waals surface area (Å²) in [7, 11) is -3.41. The zero-order chi connectivity index (χ0) is 15.7. The Bertz CT molecular complexity index is 584. The molecule has 0 bridgehead atoms. The first-order valence-electron chi connectivity index (χ1n) is 6.67. The number of anilines is 1. The molecule has 2 unspecified atom stereocenters. The molecule has 118 valence electrons. The number of pyridine rings is 1. The van der Waals surface area contributed by atoms with Crippen LogP contribution in [0.5, 0.6) is 0 Å². The highest BCUT2D eigenvalue weighted by Gasteiger charge is 2.45. The Morgan fingerprint density at radius 3 is 2.43 bits per heavy atom. The monoisotopic (exact) mass is 322 g/mol. The van der Waals surface area contributed by atoms with E-state index in [0.29, 0.717) is 18.5 Å². The summed E-state index contributed by atoms with van der Waals surface area (Å²) in [5.41, 5.74) is 0.406. The van der Waals surface area contributed by atoms with Crippen LogP contribution >= 0.6 is 0 Å². The van der Waals surface area contributed by atoms with Crippen LogP contribution in [0, 0.1) is 5.92 Å². The van der Waals surface area contributed by atoms with E-state index < -0.39 is 28.0 Å². The first-order chi connectivity index (χ1) is 9.68. The van der Waals surface area contributed by atoms with Crippen molar-refractivity contribution in [3.63, 3.8) is 0 Å². The zero-order valence-corrected chi connectivity index (χ0v) is 12.3. The molecule has 1 aliphatic rings. The van der Waals surface area contributed by atoms with Crippen molar-refractivity contribution >= 4 is 15.5 Å². The number of hydrogen-bond acceptors (Lipinski definition) is 4. The average molecular weight is 322 g/mol. The molecule has 1 aromatic heterocycles. The van der Waals surface area contributed by atoms with Gasteiger partial charge in [0.05, 0.1) is 17.8 Å². The molecule has 1 aliphatic carbocycles. The van der Waals surface area contributed by atoms with Crippen LogP contribution in [-0.2, 0) is 9.84 Å². The van der Waals surface area contributed by atoms with Crippen molar-refractivity contribution in [2.45, 2.75) is 42.9 Å². The van der Waals surface area contributed by atoms with Crippen LogP contribution in [0.15, 0.2) is 23.4 Å². The average Bonchev–Trinajstić information content (AvgIpc) is 2.37. The molecular weight excluding hydrogens is 305 g/mol. The van der Waals surface area contributed by atoms with Crippen LogP contribution in [0.25, 0.3) is 0 Å². The summed E-state index contributed by atoms with van der Waals surface area (Å²) < 4.78 is 61.5. The second kappa shape index (κ2) is 5.82. The van der Waals surface area contributed by atoms with Gasteiger partial charge >= 0.3 is 6.18 Å². The van der Waals surface area contributed by atoms with E-state index in [0.717, 1.165) is 12.7 Å². The van der Waals surface area contributed by atoms with Gasteiger partial charge in [0.15, 0.2) is 14.9 Å². The summed E-state index contributed by atoms with van der Waals surface area (Å²) >= 11 is 0. The maximum atomic E-state index is 13.0. The fraction of sp³-hybridized carbons (Fsp3) is 0.615. The maximum absolute atomic E-state index is 13.0. The molecule has 1 aromatic rings. The zero-order valence-electron chi connectivity index (χ0n) is 11.5. The van der Waals surface area contributed by atoms with Crippen LogP contribution < -0.4 is 5.32 Å². The first-order valence-corrected chi connectivity index (χ1v) is 8.56. The SMILES string of the molecule is CS(=O)(=O)c1ccc(NC2CCCCC2C(F)(F)F)cn1. The van der Waals surface area contributed by atoms with E-state index in [1.807, 2.05) is 0 Å². The molecule has 0 saturated heterocycles. The molecule has 8 heteroatoms. The highest BCUT2D eigenvalue weighted by atomic mass is 32.2. The molecule has 4 nitrogen and oxygen atoms in total. The molecule has 1 fully saturated rings. The van der Waals surface area contributed by atoms with Gasteiger partial charge in [-0.25, -0.2) is 13.4 Å². The summed E-state index contributed by atoms with van der Waals surface area (Å²) in [5.74, 6) is -1.37. The number of rotatable bonds is 3. The molecule has 0 aliphatic heterocycles. The predicted octanol–water partition coefficient (Wildman–Crippen LogP) is 3.02. The van der Waals surface area contributed by atoms with Gasteiger partial charge in [-0.1, -0.05) is 12.8 Å². The van der Waals surface area contributed by atoms with Gasteiger partial charge in [-0.15, -0.1) is 0 Å². The smallest absolute Gasteiger partial charge is 0.380 e. The Kier molecular flexibility index (Phi) is 4.46. The van der Waals surface area contributed by atoms with Gasteiger partial charge in [-0.2, -0.15) is 13.2 Å². The fourth-order valence-electron chi connectivity index (χ4n) is 2.59. The number of aromatic nitrogens is 1. The van der Waals surface area contributed by atoms with Gasteiger partial charge in [0.25, 0.3) is 0 Å². The van der Waals surface area contributed by atoms with Crippen molar-refractivity contribution in [1.29, 1.82) is 0 Å². The summed E-state index contributed by atoms with van der Waals surface area (Å²) in [5, 5.41) is 2.75. The molecule has 1 heterocycles. The van der Waals surface area contributed by atoms with Gasteiger partial charge in [-0.05, 0) is 25.0 Å². The molecule has 0 spiro atoms. The lowest BCUT2D eigenvalue weighted by molar-refractivity contribution is -0.184. The Morgan fingerprint density at radius 1 is 1.24 bits per heavy atom. The minimum Gasteiger partial charge on any atom is -0.380 e. The third-order valence-electron chi connectivity index (χ3n) is 3.65. The second-order valence-electron chi connectivity index (χ2n) is 5.34. The van der Waals surface area contributed by atoms with Crippen molar-refractivity contribution < 1.29 is 21.6 Å².